The zero-order valence-electron chi connectivity index (χ0n) is 12.5. The molecule has 2 N–H and O–H groups in total. The molecule has 0 unspecified atom stereocenters. The Kier molecular flexibility index (Phi) is 6.70. The molecule has 1 fully saturated rings. The van der Waals surface area contributed by atoms with Gasteiger partial charge in [-0.05, 0) is 30.0 Å². The summed E-state index contributed by atoms with van der Waals surface area (Å²) in [5.74, 6) is 0.273. The average molecular weight is 291 g/mol. The Hall–Kier alpha value is -1.39. The topological polar surface area (TPSA) is 58.6 Å². The largest absolute Gasteiger partial charge is 0.346 e. The fourth-order valence-corrected chi connectivity index (χ4v) is 3.06. The van der Waals surface area contributed by atoms with Crippen molar-refractivity contribution in [3.05, 3.63) is 35.4 Å². The Morgan fingerprint density at radius 1 is 1.24 bits per heavy atom. The van der Waals surface area contributed by atoms with Gasteiger partial charge in [0.25, 0.3) is 0 Å². The van der Waals surface area contributed by atoms with Crippen molar-refractivity contribution in [3.63, 3.8) is 0 Å². The van der Waals surface area contributed by atoms with Crippen LogP contribution in [0.4, 0.5) is 0 Å². The van der Waals surface area contributed by atoms with Gasteiger partial charge in [0, 0.05) is 6.54 Å². The van der Waals surface area contributed by atoms with Gasteiger partial charge in [0.05, 0.1) is 6.42 Å². The Balaban J connectivity index is 1.70. The average Bonchev–Trinajstić information content (AvgIpc) is 2.53. The number of carbonyl (C=O) groups excluding carboxylic acids is 1. The van der Waals surface area contributed by atoms with Crippen LogP contribution in [-0.4, -0.2) is 17.8 Å². The van der Waals surface area contributed by atoms with E-state index in [2.05, 4.69) is 10.2 Å². The van der Waals surface area contributed by atoms with Gasteiger partial charge in [-0.2, -0.15) is 5.26 Å². The third kappa shape index (κ3) is 5.86. The summed E-state index contributed by atoms with van der Waals surface area (Å²) in [7, 11) is 0. The minimum atomic E-state index is -0.627. The number of hydrogen-bond donors (Lipinski definition) is 2. The molecule has 0 aromatic heterocycles. The molecule has 2 rings (SSSR count). The second-order valence-corrected chi connectivity index (χ2v) is 5.93. The molecule has 1 aromatic carbocycles. The van der Waals surface area contributed by atoms with Crippen LogP contribution in [0.5, 0.6) is 0 Å². The third-order valence-corrected chi connectivity index (χ3v) is 4.22. The van der Waals surface area contributed by atoms with Gasteiger partial charge in [-0.3, -0.25) is 0 Å². The first kappa shape index (κ1) is 16.0. The van der Waals surface area contributed by atoms with Crippen molar-refractivity contribution in [2.24, 2.45) is 5.92 Å². The zero-order valence-corrected chi connectivity index (χ0v) is 12.5. The second-order valence-electron chi connectivity index (χ2n) is 5.93. The van der Waals surface area contributed by atoms with E-state index in [-0.39, 0.29) is 6.42 Å². The predicted molar refractivity (Wildman–Crippen MR) is 81.8 cm³/mol. The molecule has 0 spiro atoms. The van der Waals surface area contributed by atoms with E-state index >= 15 is 0 Å². The molecule has 1 saturated carbocycles. The standard InChI is InChI=1S/C17H25NO3/c19-17(21-20)12-15-7-4-8-16(11-15)13-18-10-9-14-5-2-1-3-6-14/h4,7-8,11,14,18,20H,1-3,5-6,9-10,12-13H2. The van der Waals surface area contributed by atoms with E-state index in [0.29, 0.717) is 0 Å². The summed E-state index contributed by atoms with van der Waals surface area (Å²) in [4.78, 5) is 14.7. The van der Waals surface area contributed by atoms with Crippen LogP contribution in [0.15, 0.2) is 24.3 Å². The van der Waals surface area contributed by atoms with Gasteiger partial charge in [-0.15, -0.1) is 0 Å². The maximum Gasteiger partial charge on any atom is 0.346 e. The Labute approximate surface area is 126 Å². The summed E-state index contributed by atoms with van der Waals surface area (Å²) in [6.07, 6.45) is 8.35. The van der Waals surface area contributed by atoms with Gasteiger partial charge in [0.1, 0.15) is 0 Å². The second kappa shape index (κ2) is 8.80. The summed E-state index contributed by atoms with van der Waals surface area (Å²) in [5, 5.41) is 11.8. The summed E-state index contributed by atoms with van der Waals surface area (Å²) < 4.78 is 0. The Morgan fingerprint density at radius 3 is 2.76 bits per heavy atom. The lowest BCUT2D eigenvalue weighted by Crippen LogP contribution is -2.19. The number of nitrogens with one attached hydrogen (secondary N) is 1. The maximum absolute atomic E-state index is 11.0. The highest BCUT2D eigenvalue weighted by Gasteiger charge is 2.12. The summed E-state index contributed by atoms with van der Waals surface area (Å²) in [6.45, 7) is 1.86. The van der Waals surface area contributed by atoms with Crippen LogP contribution in [0, 0.1) is 5.92 Å². The number of benzene rings is 1. The molecule has 0 aliphatic heterocycles. The first-order valence-corrected chi connectivity index (χ1v) is 7.90. The molecule has 0 amide bonds. The van der Waals surface area contributed by atoms with Gasteiger partial charge in [-0.25, -0.2) is 4.79 Å². The number of carbonyl (C=O) groups is 1. The lowest BCUT2D eigenvalue weighted by molar-refractivity contribution is -0.233. The Morgan fingerprint density at radius 2 is 2.00 bits per heavy atom. The molecule has 0 bridgehead atoms. The van der Waals surface area contributed by atoms with E-state index < -0.39 is 5.97 Å². The molecule has 0 atom stereocenters. The predicted octanol–water partition coefficient (Wildman–Crippen LogP) is 3.31. The molecule has 21 heavy (non-hydrogen) atoms. The molecule has 0 saturated heterocycles. The van der Waals surface area contributed by atoms with Crippen molar-refractivity contribution in [1.82, 2.24) is 5.32 Å². The lowest BCUT2D eigenvalue weighted by atomic mass is 9.87. The summed E-state index contributed by atoms with van der Waals surface area (Å²) in [5.41, 5.74) is 2.02. The molecule has 1 aromatic rings. The zero-order chi connectivity index (χ0) is 14.9. The SMILES string of the molecule is O=C(Cc1cccc(CNCCC2CCCCC2)c1)OO. The highest BCUT2D eigenvalue weighted by Crippen LogP contribution is 2.25. The number of rotatable bonds is 7. The molecular weight excluding hydrogens is 266 g/mol. The van der Waals surface area contributed by atoms with Crippen LogP contribution in [0.2, 0.25) is 0 Å². The minimum absolute atomic E-state index is 0.104. The summed E-state index contributed by atoms with van der Waals surface area (Å²) in [6, 6.07) is 7.81. The van der Waals surface area contributed by atoms with Gasteiger partial charge >= 0.3 is 5.97 Å². The van der Waals surface area contributed by atoms with Crippen LogP contribution in [0.3, 0.4) is 0 Å². The molecule has 4 heteroatoms. The molecule has 0 heterocycles. The molecule has 116 valence electrons. The summed E-state index contributed by atoms with van der Waals surface area (Å²) >= 11 is 0. The van der Waals surface area contributed by atoms with E-state index in [1.165, 1.54) is 38.5 Å². The van der Waals surface area contributed by atoms with Crippen LogP contribution in [-0.2, 0) is 22.6 Å². The lowest BCUT2D eigenvalue weighted by Gasteiger charge is -2.21. The number of hydrogen-bond acceptors (Lipinski definition) is 4. The van der Waals surface area contributed by atoms with E-state index in [4.69, 9.17) is 5.26 Å². The van der Waals surface area contributed by atoms with E-state index in [0.717, 1.165) is 30.1 Å². The van der Waals surface area contributed by atoms with Gasteiger partial charge in [-0.1, -0.05) is 56.4 Å². The molecule has 4 nitrogen and oxygen atoms in total. The first-order valence-electron chi connectivity index (χ1n) is 7.90. The smallest absolute Gasteiger partial charge is 0.313 e. The van der Waals surface area contributed by atoms with Crippen LogP contribution in [0.1, 0.15) is 49.7 Å². The maximum atomic E-state index is 11.0. The van der Waals surface area contributed by atoms with Crippen LogP contribution < -0.4 is 5.32 Å². The van der Waals surface area contributed by atoms with Gasteiger partial charge in [0.15, 0.2) is 0 Å². The third-order valence-electron chi connectivity index (χ3n) is 4.22. The van der Waals surface area contributed by atoms with E-state index in [9.17, 15) is 4.79 Å². The fourth-order valence-electron chi connectivity index (χ4n) is 3.06. The van der Waals surface area contributed by atoms with Gasteiger partial charge < -0.3 is 10.2 Å². The molecular formula is C17H25NO3. The quantitative estimate of drug-likeness (QED) is 0.460. The van der Waals surface area contributed by atoms with Crippen LogP contribution in [0.25, 0.3) is 0 Å². The molecule has 1 aliphatic rings. The normalized spacial score (nSPS) is 15.9. The van der Waals surface area contributed by atoms with Crippen molar-refractivity contribution in [2.45, 2.75) is 51.5 Å². The van der Waals surface area contributed by atoms with Crippen molar-refractivity contribution in [2.75, 3.05) is 6.54 Å². The van der Waals surface area contributed by atoms with Crippen molar-refractivity contribution in [3.8, 4) is 0 Å². The van der Waals surface area contributed by atoms with E-state index in [1.54, 1.807) is 0 Å². The van der Waals surface area contributed by atoms with Crippen molar-refractivity contribution < 1.29 is 14.9 Å². The monoisotopic (exact) mass is 291 g/mol. The highest BCUT2D eigenvalue weighted by atomic mass is 17.1. The van der Waals surface area contributed by atoms with Crippen LogP contribution >= 0.6 is 0 Å². The Bertz CT molecular complexity index is 441. The van der Waals surface area contributed by atoms with Crippen molar-refractivity contribution >= 4 is 5.97 Å². The minimum Gasteiger partial charge on any atom is -0.313 e. The highest BCUT2D eigenvalue weighted by molar-refractivity contribution is 5.71. The molecule has 0 radical (unpaired) electrons. The van der Waals surface area contributed by atoms with Gasteiger partial charge in [0.2, 0.25) is 0 Å². The van der Waals surface area contributed by atoms with E-state index in [1.807, 2.05) is 24.3 Å². The van der Waals surface area contributed by atoms with Crippen molar-refractivity contribution in [1.29, 1.82) is 0 Å². The first-order chi connectivity index (χ1) is 10.3. The molecule has 1 aliphatic carbocycles. The fraction of sp³-hybridized carbons (Fsp3) is 0.588.